The Balaban J connectivity index is 1.55. The molecule has 23 heavy (non-hydrogen) atoms. The number of anilines is 2. The summed E-state index contributed by atoms with van der Waals surface area (Å²) in [5, 5.41) is 6.57. The first-order chi connectivity index (χ1) is 11.2. The molecule has 1 saturated heterocycles. The molecule has 1 fully saturated rings. The third-order valence-corrected chi connectivity index (χ3v) is 3.88. The van der Waals surface area contributed by atoms with E-state index in [-0.39, 0.29) is 12.0 Å². The van der Waals surface area contributed by atoms with E-state index in [2.05, 4.69) is 15.6 Å². The largest absolute Gasteiger partial charge is 0.376 e. The van der Waals surface area contributed by atoms with Crippen molar-refractivity contribution in [2.75, 3.05) is 23.8 Å². The monoisotopic (exact) mass is 331 g/mol. The smallest absolute Gasteiger partial charge is 0.255 e. The Hall–Kier alpha value is -2.11. The normalized spacial score (nSPS) is 17.0. The van der Waals surface area contributed by atoms with Crippen molar-refractivity contribution in [1.82, 2.24) is 4.98 Å². The lowest BCUT2D eigenvalue weighted by Crippen LogP contribution is -2.19. The highest BCUT2D eigenvalue weighted by molar-refractivity contribution is 6.31. The fraction of sp³-hybridized carbons (Fsp3) is 0.294. The zero-order valence-electron chi connectivity index (χ0n) is 12.6. The van der Waals surface area contributed by atoms with Crippen LogP contribution in [-0.4, -0.2) is 30.1 Å². The van der Waals surface area contributed by atoms with Crippen LogP contribution in [0.25, 0.3) is 0 Å². The molecule has 1 atom stereocenters. The summed E-state index contributed by atoms with van der Waals surface area (Å²) in [7, 11) is 0. The minimum atomic E-state index is -0.214. The lowest BCUT2D eigenvalue weighted by atomic mass is 10.2. The van der Waals surface area contributed by atoms with E-state index in [0.717, 1.165) is 31.8 Å². The van der Waals surface area contributed by atoms with E-state index < -0.39 is 0 Å². The number of pyridine rings is 1. The molecule has 0 spiro atoms. The lowest BCUT2D eigenvalue weighted by Gasteiger charge is -2.11. The van der Waals surface area contributed by atoms with Crippen LogP contribution in [0.15, 0.2) is 42.6 Å². The Morgan fingerprint density at radius 1 is 1.35 bits per heavy atom. The first-order valence-corrected chi connectivity index (χ1v) is 7.97. The summed E-state index contributed by atoms with van der Waals surface area (Å²) in [5.74, 6) is 0.551. The van der Waals surface area contributed by atoms with E-state index in [9.17, 15) is 4.79 Å². The van der Waals surface area contributed by atoms with Crippen molar-refractivity contribution >= 4 is 29.0 Å². The average Bonchev–Trinajstić information content (AvgIpc) is 3.08. The molecular weight excluding hydrogens is 314 g/mol. The summed E-state index contributed by atoms with van der Waals surface area (Å²) in [6.07, 6.45) is 4.09. The minimum absolute atomic E-state index is 0.214. The molecule has 0 saturated carbocycles. The van der Waals surface area contributed by atoms with Crippen LogP contribution < -0.4 is 10.6 Å². The molecule has 2 N–H and O–H groups in total. The number of benzene rings is 1. The molecule has 1 aromatic carbocycles. The van der Waals surface area contributed by atoms with E-state index in [4.69, 9.17) is 16.3 Å². The highest BCUT2D eigenvalue weighted by Gasteiger charge is 2.15. The average molecular weight is 332 g/mol. The Morgan fingerprint density at radius 3 is 2.96 bits per heavy atom. The number of amides is 1. The number of carbonyl (C=O) groups is 1. The number of carbonyl (C=O) groups excluding carboxylic acids is 1. The van der Waals surface area contributed by atoms with Crippen molar-refractivity contribution in [3.05, 3.63) is 53.2 Å². The van der Waals surface area contributed by atoms with Crippen molar-refractivity contribution in [2.45, 2.75) is 18.9 Å². The van der Waals surface area contributed by atoms with Crippen LogP contribution in [-0.2, 0) is 4.74 Å². The third-order valence-electron chi connectivity index (χ3n) is 3.64. The molecule has 2 aromatic rings. The quantitative estimate of drug-likeness (QED) is 0.879. The molecule has 0 bridgehead atoms. The maximum absolute atomic E-state index is 12.1. The van der Waals surface area contributed by atoms with Gasteiger partial charge in [0, 0.05) is 23.7 Å². The van der Waals surface area contributed by atoms with Gasteiger partial charge in [0.15, 0.2) is 0 Å². The Bertz CT molecular complexity index is 670. The molecule has 1 aromatic heterocycles. The topological polar surface area (TPSA) is 63.2 Å². The molecule has 2 heterocycles. The van der Waals surface area contributed by atoms with Crippen LogP contribution in [0.1, 0.15) is 23.2 Å². The fourth-order valence-electron chi connectivity index (χ4n) is 2.43. The molecule has 6 heteroatoms. The molecule has 1 amide bonds. The number of nitrogens with one attached hydrogen (secondary N) is 2. The first-order valence-electron chi connectivity index (χ1n) is 7.59. The van der Waals surface area contributed by atoms with Crippen LogP contribution in [0.3, 0.4) is 0 Å². The van der Waals surface area contributed by atoms with Gasteiger partial charge >= 0.3 is 0 Å². The predicted molar refractivity (Wildman–Crippen MR) is 91.1 cm³/mol. The number of ether oxygens (including phenoxy) is 1. The van der Waals surface area contributed by atoms with Crippen molar-refractivity contribution in [3.8, 4) is 0 Å². The highest BCUT2D eigenvalue weighted by atomic mass is 35.5. The van der Waals surface area contributed by atoms with Crippen molar-refractivity contribution < 1.29 is 9.53 Å². The Labute approximate surface area is 140 Å². The predicted octanol–water partition coefficient (Wildman–Crippen LogP) is 3.58. The summed E-state index contributed by atoms with van der Waals surface area (Å²) in [5.41, 5.74) is 1.15. The molecule has 0 aliphatic carbocycles. The molecule has 120 valence electrons. The zero-order chi connectivity index (χ0) is 16.1. The Kier molecular flexibility index (Phi) is 5.10. The van der Waals surface area contributed by atoms with Gasteiger partial charge in [0.05, 0.1) is 18.0 Å². The number of hydrogen-bond donors (Lipinski definition) is 2. The van der Waals surface area contributed by atoms with Crippen LogP contribution in [0, 0.1) is 0 Å². The standard InChI is InChI=1S/C17H18ClN3O2/c18-13-4-1-3-12(9-13)17(22)21-14-6-7-16(19-10-14)20-11-15-5-2-8-23-15/h1,3-4,6-7,9-10,15H,2,5,8,11H2,(H,19,20)(H,21,22). The molecule has 3 rings (SSSR count). The molecule has 1 aliphatic heterocycles. The fourth-order valence-corrected chi connectivity index (χ4v) is 2.62. The third kappa shape index (κ3) is 4.43. The van der Waals surface area contributed by atoms with Crippen LogP contribution in [0.2, 0.25) is 5.02 Å². The first kappa shape index (κ1) is 15.8. The van der Waals surface area contributed by atoms with E-state index in [1.165, 1.54) is 0 Å². The SMILES string of the molecule is O=C(Nc1ccc(NCC2CCCO2)nc1)c1cccc(Cl)c1. The van der Waals surface area contributed by atoms with Gasteiger partial charge in [-0.1, -0.05) is 17.7 Å². The Morgan fingerprint density at radius 2 is 2.26 bits per heavy atom. The number of nitrogens with zero attached hydrogens (tertiary/aromatic N) is 1. The van der Waals surface area contributed by atoms with Crippen molar-refractivity contribution in [2.24, 2.45) is 0 Å². The van der Waals surface area contributed by atoms with Gasteiger partial charge in [0.25, 0.3) is 5.91 Å². The summed E-state index contributed by atoms with van der Waals surface area (Å²) in [6.45, 7) is 1.59. The summed E-state index contributed by atoms with van der Waals surface area (Å²) < 4.78 is 5.55. The molecule has 5 nitrogen and oxygen atoms in total. The van der Waals surface area contributed by atoms with Gasteiger partial charge in [-0.2, -0.15) is 0 Å². The van der Waals surface area contributed by atoms with Crippen molar-refractivity contribution in [3.63, 3.8) is 0 Å². The van der Waals surface area contributed by atoms with Gasteiger partial charge in [-0.3, -0.25) is 4.79 Å². The van der Waals surface area contributed by atoms with Gasteiger partial charge in [-0.25, -0.2) is 4.98 Å². The van der Waals surface area contributed by atoms with Crippen LogP contribution >= 0.6 is 11.6 Å². The minimum Gasteiger partial charge on any atom is -0.376 e. The number of aromatic nitrogens is 1. The number of rotatable bonds is 5. The second-order valence-electron chi connectivity index (χ2n) is 5.41. The number of hydrogen-bond acceptors (Lipinski definition) is 4. The number of halogens is 1. The van der Waals surface area contributed by atoms with E-state index in [0.29, 0.717) is 16.3 Å². The second kappa shape index (κ2) is 7.44. The molecule has 1 unspecified atom stereocenters. The van der Waals surface area contributed by atoms with Gasteiger partial charge in [-0.15, -0.1) is 0 Å². The van der Waals surface area contributed by atoms with Gasteiger partial charge in [0.2, 0.25) is 0 Å². The van der Waals surface area contributed by atoms with E-state index in [1.54, 1.807) is 30.5 Å². The van der Waals surface area contributed by atoms with Crippen LogP contribution in [0.5, 0.6) is 0 Å². The maximum Gasteiger partial charge on any atom is 0.255 e. The zero-order valence-corrected chi connectivity index (χ0v) is 13.3. The second-order valence-corrected chi connectivity index (χ2v) is 5.85. The summed E-state index contributed by atoms with van der Waals surface area (Å²) in [6, 6.07) is 10.5. The van der Waals surface area contributed by atoms with Crippen molar-refractivity contribution in [1.29, 1.82) is 0 Å². The lowest BCUT2D eigenvalue weighted by molar-refractivity contribution is 0.102. The van der Waals surface area contributed by atoms with Crippen LogP contribution in [0.4, 0.5) is 11.5 Å². The van der Waals surface area contributed by atoms with Gasteiger partial charge in [0.1, 0.15) is 5.82 Å². The molecular formula is C17H18ClN3O2. The molecule has 0 radical (unpaired) electrons. The van der Waals surface area contributed by atoms with E-state index in [1.807, 2.05) is 12.1 Å². The van der Waals surface area contributed by atoms with E-state index >= 15 is 0 Å². The summed E-state index contributed by atoms with van der Waals surface area (Å²) in [4.78, 5) is 16.4. The summed E-state index contributed by atoms with van der Waals surface area (Å²) >= 11 is 5.89. The van der Waals surface area contributed by atoms with Gasteiger partial charge < -0.3 is 15.4 Å². The van der Waals surface area contributed by atoms with Gasteiger partial charge in [-0.05, 0) is 43.2 Å². The molecule has 1 aliphatic rings. The maximum atomic E-state index is 12.1. The highest BCUT2D eigenvalue weighted by Crippen LogP contribution is 2.16.